The third-order valence-corrected chi connectivity index (χ3v) is 10.3. The second kappa shape index (κ2) is 14.9. The number of carbonyl (C=O) groups excluding carboxylic acids is 2. The van der Waals surface area contributed by atoms with Crippen LogP contribution < -0.4 is 9.62 Å². The molecular weight excluding hydrogens is 625 g/mol. The van der Waals surface area contributed by atoms with Crippen LogP contribution in [0.15, 0.2) is 108 Å². The summed E-state index contributed by atoms with van der Waals surface area (Å²) in [5.74, 6) is -1.54. The van der Waals surface area contributed by atoms with E-state index in [1.54, 1.807) is 61.5 Å². The van der Waals surface area contributed by atoms with E-state index >= 15 is 4.39 Å². The predicted molar refractivity (Wildman–Crippen MR) is 178 cm³/mol. The Hall–Kier alpha value is -4.21. The number of hydrogen-bond acceptors (Lipinski definition) is 4. The molecule has 1 atom stereocenters. The van der Waals surface area contributed by atoms with E-state index in [2.05, 4.69) is 5.32 Å². The number of nitrogens with zero attached hydrogens (tertiary/aromatic N) is 2. The summed E-state index contributed by atoms with van der Waals surface area (Å²) in [6.45, 7) is 0.847. The Kier molecular flexibility index (Phi) is 10.8. The molecule has 5 rings (SSSR count). The van der Waals surface area contributed by atoms with Crippen molar-refractivity contribution in [3.05, 3.63) is 131 Å². The summed E-state index contributed by atoms with van der Waals surface area (Å²) in [5.41, 5.74) is 1.83. The van der Waals surface area contributed by atoms with Crippen molar-refractivity contribution in [3.63, 3.8) is 0 Å². The van der Waals surface area contributed by atoms with Crippen molar-refractivity contribution >= 4 is 39.1 Å². The Labute approximate surface area is 275 Å². The molecule has 7 nitrogen and oxygen atoms in total. The summed E-state index contributed by atoms with van der Waals surface area (Å²) >= 11 is 6.21. The molecule has 2 amide bonds. The van der Waals surface area contributed by atoms with E-state index in [9.17, 15) is 18.0 Å². The van der Waals surface area contributed by atoms with E-state index < -0.39 is 34.3 Å². The highest BCUT2D eigenvalue weighted by Gasteiger charge is 2.36. The van der Waals surface area contributed by atoms with E-state index in [4.69, 9.17) is 11.6 Å². The van der Waals surface area contributed by atoms with Gasteiger partial charge in [-0.2, -0.15) is 0 Å². The van der Waals surface area contributed by atoms with E-state index in [0.717, 1.165) is 35.6 Å². The molecule has 0 saturated heterocycles. The van der Waals surface area contributed by atoms with Gasteiger partial charge in [-0.3, -0.25) is 13.9 Å². The van der Waals surface area contributed by atoms with Gasteiger partial charge in [-0.25, -0.2) is 12.8 Å². The average molecular weight is 662 g/mol. The van der Waals surface area contributed by atoms with Crippen molar-refractivity contribution in [3.8, 4) is 0 Å². The monoisotopic (exact) mass is 661 g/mol. The van der Waals surface area contributed by atoms with Crippen molar-refractivity contribution < 1.29 is 22.4 Å². The van der Waals surface area contributed by atoms with Gasteiger partial charge in [0.15, 0.2) is 0 Å². The first kappa shape index (κ1) is 33.2. The maximum absolute atomic E-state index is 15.1. The number of anilines is 1. The summed E-state index contributed by atoms with van der Waals surface area (Å²) in [4.78, 5) is 29.9. The quantitative estimate of drug-likeness (QED) is 0.184. The molecule has 0 spiro atoms. The number of rotatable bonds is 12. The second-order valence-corrected chi connectivity index (χ2v) is 13.9. The van der Waals surface area contributed by atoms with Gasteiger partial charge in [-0.05, 0) is 67.3 Å². The van der Waals surface area contributed by atoms with Gasteiger partial charge in [0.05, 0.1) is 10.6 Å². The molecule has 1 aliphatic carbocycles. The summed E-state index contributed by atoms with van der Waals surface area (Å²) in [7, 11) is -4.25. The smallest absolute Gasteiger partial charge is 0.264 e. The number of benzene rings is 4. The Balaban J connectivity index is 1.59. The van der Waals surface area contributed by atoms with E-state index in [1.165, 1.54) is 23.1 Å². The minimum Gasteiger partial charge on any atom is -0.352 e. The van der Waals surface area contributed by atoms with Crippen LogP contribution in [-0.4, -0.2) is 43.8 Å². The molecule has 0 aliphatic heterocycles. The van der Waals surface area contributed by atoms with Crippen LogP contribution >= 0.6 is 11.6 Å². The maximum Gasteiger partial charge on any atom is 0.264 e. The van der Waals surface area contributed by atoms with Crippen LogP contribution in [0, 0.1) is 12.7 Å². The zero-order chi connectivity index (χ0) is 32.7. The van der Waals surface area contributed by atoms with Crippen molar-refractivity contribution in [1.29, 1.82) is 0 Å². The van der Waals surface area contributed by atoms with Gasteiger partial charge in [0, 0.05) is 29.6 Å². The van der Waals surface area contributed by atoms with Gasteiger partial charge in [-0.15, -0.1) is 0 Å². The molecule has 1 fully saturated rings. The topological polar surface area (TPSA) is 86.8 Å². The number of sulfonamides is 1. The van der Waals surface area contributed by atoms with Gasteiger partial charge in [0.1, 0.15) is 18.4 Å². The van der Waals surface area contributed by atoms with Crippen LogP contribution in [0.2, 0.25) is 5.02 Å². The summed E-state index contributed by atoms with van der Waals surface area (Å²) in [6.07, 6.45) is 3.83. The highest BCUT2D eigenvalue weighted by atomic mass is 35.5. The highest BCUT2D eigenvalue weighted by molar-refractivity contribution is 7.92. The van der Waals surface area contributed by atoms with E-state index in [0.29, 0.717) is 10.6 Å². The van der Waals surface area contributed by atoms with E-state index in [-0.39, 0.29) is 41.1 Å². The van der Waals surface area contributed by atoms with Gasteiger partial charge >= 0.3 is 0 Å². The molecule has 0 radical (unpaired) electrons. The molecule has 1 unspecified atom stereocenters. The summed E-state index contributed by atoms with van der Waals surface area (Å²) in [6, 6.07) is 26.9. The Morgan fingerprint density at radius 2 is 1.54 bits per heavy atom. The van der Waals surface area contributed by atoms with Gasteiger partial charge in [0.25, 0.3) is 10.0 Å². The average Bonchev–Trinajstić information content (AvgIpc) is 3.56. The molecule has 0 heterocycles. The third kappa shape index (κ3) is 7.95. The van der Waals surface area contributed by atoms with Crippen LogP contribution in [0.4, 0.5) is 10.1 Å². The minimum absolute atomic E-state index is 0.00221. The van der Waals surface area contributed by atoms with Crippen LogP contribution in [0.1, 0.15) is 42.4 Å². The van der Waals surface area contributed by atoms with E-state index in [1.807, 2.05) is 30.3 Å². The first-order valence-electron chi connectivity index (χ1n) is 15.3. The Bertz CT molecular complexity index is 1770. The molecule has 4 aromatic rings. The Morgan fingerprint density at radius 1 is 0.913 bits per heavy atom. The van der Waals surface area contributed by atoms with Gasteiger partial charge in [-0.1, -0.05) is 91.2 Å². The molecule has 240 valence electrons. The Morgan fingerprint density at radius 3 is 2.20 bits per heavy atom. The normalized spacial score (nSPS) is 14.1. The lowest BCUT2D eigenvalue weighted by Gasteiger charge is -2.34. The second-order valence-electron chi connectivity index (χ2n) is 11.6. The van der Waals surface area contributed by atoms with Crippen molar-refractivity contribution in [1.82, 2.24) is 10.2 Å². The predicted octanol–water partition coefficient (Wildman–Crippen LogP) is 6.68. The van der Waals surface area contributed by atoms with Gasteiger partial charge < -0.3 is 10.2 Å². The zero-order valence-corrected chi connectivity index (χ0v) is 27.2. The molecule has 1 N–H and O–H groups in total. The molecule has 1 saturated carbocycles. The first-order valence-corrected chi connectivity index (χ1v) is 17.2. The fourth-order valence-electron chi connectivity index (χ4n) is 5.86. The lowest BCUT2D eigenvalue weighted by atomic mass is 10.0. The number of amides is 2. The number of nitrogens with one attached hydrogen (secondary N) is 1. The summed E-state index contributed by atoms with van der Waals surface area (Å²) < 4.78 is 44.4. The molecular formula is C36H37ClFN3O4S. The lowest BCUT2D eigenvalue weighted by Crippen LogP contribution is -2.54. The fraction of sp³-hybridized carbons (Fsp3) is 0.278. The minimum atomic E-state index is -4.25. The van der Waals surface area contributed by atoms with Crippen LogP contribution in [0.5, 0.6) is 0 Å². The van der Waals surface area contributed by atoms with Crippen molar-refractivity contribution in [2.24, 2.45) is 0 Å². The SMILES string of the molecule is Cc1cc(Cl)ccc1N(CC(=O)N(Cc1ccccc1F)C(Cc1ccccc1)C(=O)NC1CCCC1)S(=O)(=O)c1ccccc1. The number of carbonyl (C=O) groups is 2. The van der Waals surface area contributed by atoms with Crippen LogP contribution in [0.3, 0.4) is 0 Å². The first-order chi connectivity index (χ1) is 22.1. The fourth-order valence-corrected chi connectivity index (χ4v) is 7.59. The van der Waals surface area contributed by atoms with Crippen LogP contribution in [-0.2, 0) is 32.6 Å². The number of hydrogen-bond donors (Lipinski definition) is 1. The molecule has 0 bridgehead atoms. The molecule has 10 heteroatoms. The highest BCUT2D eigenvalue weighted by Crippen LogP contribution is 2.30. The number of aryl methyl sites for hydroxylation is 1. The summed E-state index contributed by atoms with van der Waals surface area (Å²) in [5, 5.41) is 3.53. The van der Waals surface area contributed by atoms with Gasteiger partial charge in [0.2, 0.25) is 11.8 Å². The lowest BCUT2D eigenvalue weighted by molar-refractivity contribution is -0.140. The largest absolute Gasteiger partial charge is 0.352 e. The zero-order valence-electron chi connectivity index (χ0n) is 25.6. The molecule has 0 aromatic heterocycles. The standard InChI is InChI=1S/C36H37ClFN3O4S/c1-26-22-29(37)20-21-33(26)41(46(44,45)31-17-6-3-7-18-31)25-35(42)40(24-28-14-8-11-19-32(28)38)34(23-27-12-4-2-5-13-27)36(43)39-30-15-9-10-16-30/h2-8,11-14,17-22,30,34H,9-10,15-16,23-25H2,1H3,(H,39,43). The maximum atomic E-state index is 15.1. The molecule has 4 aromatic carbocycles. The third-order valence-electron chi connectivity index (χ3n) is 8.31. The molecule has 46 heavy (non-hydrogen) atoms. The van der Waals surface area contributed by atoms with Crippen molar-refractivity contribution in [2.75, 3.05) is 10.8 Å². The molecule has 1 aliphatic rings. The van der Waals surface area contributed by atoms with Crippen molar-refractivity contribution in [2.45, 2.75) is 62.6 Å². The number of halogens is 2. The van der Waals surface area contributed by atoms with Crippen LogP contribution in [0.25, 0.3) is 0 Å².